The van der Waals surface area contributed by atoms with E-state index in [1.54, 1.807) is 19.1 Å². The molecule has 2 atom stereocenters. The summed E-state index contributed by atoms with van der Waals surface area (Å²) in [5.74, 6) is 0.319. The summed E-state index contributed by atoms with van der Waals surface area (Å²) < 4.78 is 6.79. The van der Waals surface area contributed by atoms with Gasteiger partial charge in [0.05, 0.1) is 6.61 Å². The van der Waals surface area contributed by atoms with Crippen LogP contribution in [0, 0.1) is 0 Å². The van der Waals surface area contributed by atoms with E-state index in [-0.39, 0.29) is 18.6 Å². The third-order valence-electron chi connectivity index (χ3n) is 3.07. The van der Waals surface area contributed by atoms with Crippen molar-refractivity contribution >= 4 is 21.8 Å². The summed E-state index contributed by atoms with van der Waals surface area (Å²) in [6, 6.07) is 16.2. The van der Waals surface area contributed by atoms with Crippen molar-refractivity contribution in [1.82, 2.24) is 5.32 Å². The Morgan fingerprint density at radius 1 is 1.18 bits per heavy atom. The minimum Gasteiger partial charge on any atom is -0.476 e. The van der Waals surface area contributed by atoms with Gasteiger partial charge < -0.3 is 15.2 Å². The van der Waals surface area contributed by atoms with Crippen LogP contribution in [0.4, 0.5) is 0 Å². The zero-order valence-corrected chi connectivity index (χ0v) is 13.8. The quantitative estimate of drug-likeness (QED) is 0.828. The smallest absolute Gasteiger partial charge is 0.266 e. The summed E-state index contributed by atoms with van der Waals surface area (Å²) in [6.45, 7) is 1.62. The highest BCUT2D eigenvalue weighted by Gasteiger charge is 2.23. The number of halogens is 1. The number of nitrogens with one attached hydrogen (secondary N) is 1. The van der Waals surface area contributed by atoms with Crippen molar-refractivity contribution < 1.29 is 14.6 Å². The number of amides is 1. The van der Waals surface area contributed by atoms with Gasteiger partial charge in [0.2, 0.25) is 6.10 Å². The molecule has 2 rings (SSSR count). The number of aliphatic hydroxyl groups excluding tert-OH is 1. The molecule has 2 aromatic rings. The lowest BCUT2D eigenvalue weighted by Crippen LogP contribution is -2.40. The molecule has 0 aromatic heterocycles. The van der Waals surface area contributed by atoms with Crippen LogP contribution in [0.15, 0.2) is 59.1 Å². The summed E-state index contributed by atoms with van der Waals surface area (Å²) >= 11 is 3.36. The average molecular weight is 364 g/mol. The maximum atomic E-state index is 12.4. The van der Waals surface area contributed by atoms with Crippen molar-refractivity contribution in [2.24, 2.45) is 0 Å². The van der Waals surface area contributed by atoms with Crippen molar-refractivity contribution in [2.45, 2.75) is 19.1 Å². The highest BCUT2D eigenvalue weighted by molar-refractivity contribution is 9.10. The van der Waals surface area contributed by atoms with Crippen LogP contribution in [0.3, 0.4) is 0 Å². The number of aliphatic hydroxyl groups is 1. The Hall–Kier alpha value is -1.85. The Morgan fingerprint density at radius 2 is 1.82 bits per heavy atom. The topological polar surface area (TPSA) is 58.6 Å². The van der Waals surface area contributed by atoms with Crippen LogP contribution in [0.1, 0.15) is 18.6 Å². The number of hydrogen-bond donors (Lipinski definition) is 2. The normalized spacial score (nSPS) is 13.2. The lowest BCUT2D eigenvalue weighted by Gasteiger charge is -2.21. The first-order valence-electron chi connectivity index (χ1n) is 6.98. The van der Waals surface area contributed by atoms with Crippen molar-refractivity contribution in [3.05, 3.63) is 64.6 Å². The van der Waals surface area contributed by atoms with Gasteiger partial charge in [-0.25, -0.2) is 0 Å². The first-order chi connectivity index (χ1) is 10.6. The minimum atomic E-state index is -0.767. The second-order valence-electron chi connectivity index (χ2n) is 4.95. The zero-order valence-electron chi connectivity index (χ0n) is 12.2. The van der Waals surface area contributed by atoms with E-state index in [0.29, 0.717) is 5.75 Å². The molecule has 1 amide bonds. The molecule has 0 fully saturated rings. The monoisotopic (exact) mass is 363 g/mol. The van der Waals surface area contributed by atoms with Gasteiger partial charge in [-0.3, -0.25) is 4.79 Å². The standard InChI is InChI=1S/C17H18BrNO3/c1-12(11-20)19-17(21)16(13-5-3-2-4-6-13)22-15-9-7-14(18)8-10-15/h2-10,12,16,20H,11H2,1H3,(H,19,21). The maximum Gasteiger partial charge on any atom is 0.266 e. The molecule has 0 aliphatic rings. The molecule has 0 saturated heterocycles. The Balaban J connectivity index is 2.21. The van der Waals surface area contributed by atoms with E-state index < -0.39 is 6.10 Å². The van der Waals surface area contributed by atoms with Gasteiger partial charge in [0.15, 0.2) is 0 Å². The number of hydrogen-bond acceptors (Lipinski definition) is 3. The SMILES string of the molecule is CC(CO)NC(=O)C(Oc1ccc(Br)cc1)c1ccccc1. The van der Waals surface area contributed by atoms with Crippen molar-refractivity contribution in [3.8, 4) is 5.75 Å². The molecule has 0 spiro atoms. The van der Waals surface area contributed by atoms with Crippen LogP contribution in [0.25, 0.3) is 0 Å². The van der Waals surface area contributed by atoms with Crippen molar-refractivity contribution in [1.29, 1.82) is 0 Å². The van der Waals surface area contributed by atoms with Crippen LogP contribution in [-0.2, 0) is 4.79 Å². The van der Waals surface area contributed by atoms with Crippen LogP contribution >= 0.6 is 15.9 Å². The molecule has 0 aliphatic heterocycles. The fourth-order valence-corrected chi connectivity index (χ4v) is 2.18. The average Bonchev–Trinajstić information content (AvgIpc) is 2.54. The molecular weight excluding hydrogens is 346 g/mol. The first kappa shape index (κ1) is 16.5. The van der Waals surface area contributed by atoms with Crippen molar-refractivity contribution in [3.63, 3.8) is 0 Å². The summed E-state index contributed by atoms with van der Waals surface area (Å²) in [5.41, 5.74) is 0.757. The number of carbonyl (C=O) groups is 1. The number of benzene rings is 2. The molecule has 0 aliphatic carbocycles. The molecule has 0 radical (unpaired) electrons. The predicted molar refractivity (Wildman–Crippen MR) is 88.6 cm³/mol. The molecule has 22 heavy (non-hydrogen) atoms. The third-order valence-corrected chi connectivity index (χ3v) is 3.60. The molecule has 116 valence electrons. The second-order valence-corrected chi connectivity index (χ2v) is 5.87. The van der Waals surface area contributed by atoms with E-state index in [1.165, 1.54) is 0 Å². The van der Waals surface area contributed by atoms with Gasteiger partial charge in [0.25, 0.3) is 5.91 Å². The molecule has 2 N–H and O–H groups in total. The Kier molecular flexibility index (Phi) is 5.98. The van der Waals surface area contributed by atoms with E-state index in [1.807, 2.05) is 42.5 Å². The third kappa shape index (κ3) is 4.58. The lowest BCUT2D eigenvalue weighted by atomic mass is 10.1. The minimum absolute atomic E-state index is 0.120. The van der Waals surface area contributed by atoms with E-state index >= 15 is 0 Å². The molecule has 2 aromatic carbocycles. The van der Waals surface area contributed by atoms with Gasteiger partial charge in [-0.05, 0) is 31.2 Å². The molecule has 4 nitrogen and oxygen atoms in total. The van der Waals surface area contributed by atoms with Gasteiger partial charge in [-0.15, -0.1) is 0 Å². The van der Waals surface area contributed by atoms with E-state index in [9.17, 15) is 4.79 Å². The molecule has 0 saturated carbocycles. The van der Waals surface area contributed by atoms with Crippen LogP contribution in [-0.4, -0.2) is 23.7 Å². The van der Waals surface area contributed by atoms with Gasteiger partial charge in [-0.2, -0.15) is 0 Å². The summed E-state index contributed by atoms with van der Waals surface area (Å²) in [5, 5.41) is 11.8. The number of ether oxygens (including phenoxy) is 1. The van der Waals surface area contributed by atoms with Crippen LogP contribution < -0.4 is 10.1 Å². The molecule has 0 heterocycles. The van der Waals surface area contributed by atoms with Crippen LogP contribution in [0.5, 0.6) is 5.75 Å². The molecule has 5 heteroatoms. The molecule has 2 unspecified atom stereocenters. The van der Waals surface area contributed by atoms with Crippen LogP contribution in [0.2, 0.25) is 0 Å². The van der Waals surface area contributed by atoms with Gasteiger partial charge >= 0.3 is 0 Å². The number of rotatable bonds is 6. The highest BCUT2D eigenvalue weighted by Crippen LogP contribution is 2.24. The highest BCUT2D eigenvalue weighted by atomic mass is 79.9. The fraction of sp³-hybridized carbons (Fsp3) is 0.235. The maximum absolute atomic E-state index is 12.4. The fourth-order valence-electron chi connectivity index (χ4n) is 1.91. The second kappa shape index (κ2) is 7.96. The van der Waals surface area contributed by atoms with E-state index in [4.69, 9.17) is 9.84 Å². The Labute approximate surface area is 138 Å². The Bertz CT molecular complexity index is 601. The van der Waals surface area contributed by atoms with E-state index in [2.05, 4.69) is 21.2 Å². The lowest BCUT2D eigenvalue weighted by molar-refractivity contribution is -0.129. The zero-order chi connectivity index (χ0) is 15.9. The van der Waals surface area contributed by atoms with Gasteiger partial charge in [0.1, 0.15) is 5.75 Å². The summed E-state index contributed by atoms with van der Waals surface area (Å²) in [6.07, 6.45) is -0.767. The molecular formula is C17H18BrNO3. The number of carbonyl (C=O) groups excluding carboxylic acids is 1. The summed E-state index contributed by atoms with van der Waals surface area (Å²) in [4.78, 5) is 12.4. The van der Waals surface area contributed by atoms with E-state index in [0.717, 1.165) is 10.0 Å². The predicted octanol–water partition coefficient (Wildman–Crippen LogP) is 3.07. The van der Waals surface area contributed by atoms with Crippen molar-refractivity contribution in [2.75, 3.05) is 6.61 Å². The largest absolute Gasteiger partial charge is 0.476 e. The summed E-state index contributed by atoms with van der Waals surface area (Å²) in [7, 11) is 0. The van der Waals surface area contributed by atoms with Gasteiger partial charge in [0, 0.05) is 16.1 Å². The molecule has 0 bridgehead atoms. The Morgan fingerprint density at radius 3 is 2.41 bits per heavy atom. The van der Waals surface area contributed by atoms with Gasteiger partial charge in [-0.1, -0.05) is 46.3 Å². The first-order valence-corrected chi connectivity index (χ1v) is 7.78.